The van der Waals surface area contributed by atoms with E-state index < -0.39 is 0 Å². The Labute approximate surface area is 130 Å². The fourth-order valence-electron chi connectivity index (χ4n) is 3.46. The van der Waals surface area contributed by atoms with Crippen LogP contribution in [0.1, 0.15) is 60.8 Å². The fourth-order valence-corrected chi connectivity index (χ4v) is 3.46. The summed E-state index contributed by atoms with van der Waals surface area (Å²) in [6.45, 7) is 14.7. The molecule has 0 saturated carbocycles. The van der Waals surface area contributed by atoms with Gasteiger partial charge in [-0.25, -0.2) is 0 Å². The quantitative estimate of drug-likeness (QED) is 0.820. The second kappa shape index (κ2) is 7.10. The van der Waals surface area contributed by atoms with E-state index in [0.717, 1.165) is 12.8 Å². The number of nitrogens with zero attached hydrogens (tertiary/aromatic N) is 1. The van der Waals surface area contributed by atoms with E-state index in [1.54, 1.807) is 0 Å². The van der Waals surface area contributed by atoms with E-state index in [9.17, 15) is 4.79 Å². The van der Waals surface area contributed by atoms with Crippen LogP contribution < -0.4 is 5.73 Å². The number of carbonyl (C=O) groups excluding carboxylic acids is 1. The molecule has 0 bridgehead atoms. The lowest BCUT2D eigenvalue weighted by molar-refractivity contribution is -0.188. The molecular formula is C17H34N2O2. The number of carbonyl (C=O) groups is 1. The predicted octanol–water partition coefficient (Wildman–Crippen LogP) is 2.80. The van der Waals surface area contributed by atoms with Gasteiger partial charge in [0, 0.05) is 19.5 Å². The topological polar surface area (TPSA) is 55.6 Å². The minimum Gasteiger partial charge on any atom is -0.366 e. The molecule has 0 spiro atoms. The highest BCUT2D eigenvalue weighted by Crippen LogP contribution is 2.29. The summed E-state index contributed by atoms with van der Waals surface area (Å²) in [4.78, 5) is 14.5. The first-order valence-electron chi connectivity index (χ1n) is 8.24. The van der Waals surface area contributed by atoms with E-state index >= 15 is 0 Å². The number of hydrogen-bond donors (Lipinski definition) is 1. The van der Waals surface area contributed by atoms with Gasteiger partial charge >= 0.3 is 0 Å². The molecule has 1 amide bonds. The molecule has 1 aliphatic rings. The number of ether oxygens (including phenoxy) is 1. The van der Waals surface area contributed by atoms with Crippen molar-refractivity contribution >= 4 is 5.91 Å². The van der Waals surface area contributed by atoms with Crippen molar-refractivity contribution in [3.63, 3.8) is 0 Å². The highest BCUT2D eigenvalue weighted by Gasteiger charge is 2.39. The molecule has 1 aliphatic heterocycles. The van der Waals surface area contributed by atoms with E-state index in [1.807, 2.05) is 4.90 Å². The molecule has 1 saturated heterocycles. The van der Waals surface area contributed by atoms with Gasteiger partial charge in [0.25, 0.3) is 0 Å². The van der Waals surface area contributed by atoms with Gasteiger partial charge in [-0.3, -0.25) is 4.79 Å². The summed E-state index contributed by atoms with van der Waals surface area (Å²) in [5.41, 5.74) is 5.13. The molecule has 124 valence electrons. The molecule has 4 heteroatoms. The van der Waals surface area contributed by atoms with Gasteiger partial charge in [0.15, 0.2) is 0 Å². The summed E-state index contributed by atoms with van der Waals surface area (Å²) in [6.07, 6.45) is 2.56. The number of morpholine rings is 1. The molecule has 2 N–H and O–H groups in total. The van der Waals surface area contributed by atoms with Crippen LogP contribution in [-0.2, 0) is 9.53 Å². The predicted molar refractivity (Wildman–Crippen MR) is 87.1 cm³/mol. The molecule has 1 heterocycles. The van der Waals surface area contributed by atoms with Crippen molar-refractivity contribution in [3.8, 4) is 0 Å². The van der Waals surface area contributed by atoms with Crippen LogP contribution >= 0.6 is 0 Å². The minimum atomic E-state index is -0.272. The Bertz CT molecular complexity index is 335. The van der Waals surface area contributed by atoms with Crippen molar-refractivity contribution < 1.29 is 9.53 Å². The summed E-state index contributed by atoms with van der Waals surface area (Å²) in [7, 11) is 0. The molecule has 4 nitrogen and oxygen atoms in total. The van der Waals surface area contributed by atoms with Crippen molar-refractivity contribution in [2.45, 2.75) is 72.0 Å². The molecule has 0 radical (unpaired) electrons. The maximum absolute atomic E-state index is 12.5. The molecule has 0 aliphatic carbocycles. The van der Waals surface area contributed by atoms with E-state index in [1.165, 1.54) is 0 Å². The Morgan fingerprint density at radius 3 is 2.10 bits per heavy atom. The molecule has 1 unspecified atom stereocenters. The number of amides is 1. The van der Waals surface area contributed by atoms with Crippen LogP contribution in [0.15, 0.2) is 0 Å². The largest absolute Gasteiger partial charge is 0.366 e. The van der Waals surface area contributed by atoms with Crippen molar-refractivity contribution in [3.05, 3.63) is 0 Å². The average molecular weight is 298 g/mol. The summed E-state index contributed by atoms with van der Waals surface area (Å²) in [6, 6.07) is 0. The SMILES string of the molecule is CC(C)C(CCN)CCC(=O)N1CC(C)(C)OC(C)(C)C1. The van der Waals surface area contributed by atoms with Gasteiger partial charge in [-0.15, -0.1) is 0 Å². The van der Waals surface area contributed by atoms with E-state index in [2.05, 4.69) is 41.5 Å². The van der Waals surface area contributed by atoms with E-state index in [4.69, 9.17) is 10.5 Å². The monoisotopic (exact) mass is 298 g/mol. The zero-order valence-electron chi connectivity index (χ0n) is 14.7. The molecule has 0 aromatic rings. The van der Waals surface area contributed by atoms with Gasteiger partial charge in [-0.2, -0.15) is 0 Å². The van der Waals surface area contributed by atoms with Crippen LogP contribution in [0, 0.1) is 11.8 Å². The lowest BCUT2D eigenvalue weighted by Crippen LogP contribution is -2.58. The lowest BCUT2D eigenvalue weighted by atomic mass is 9.88. The van der Waals surface area contributed by atoms with Crippen LogP contribution in [0.3, 0.4) is 0 Å². The summed E-state index contributed by atoms with van der Waals surface area (Å²) in [5.74, 6) is 1.38. The van der Waals surface area contributed by atoms with Gasteiger partial charge < -0.3 is 15.4 Å². The molecule has 1 fully saturated rings. The zero-order valence-corrected chi connectivity index (χ0v) is 14.7. The third-order valence-corrected chi connectivity index (χ3v) is 4.26. The first-order chi connectivity index (χ1) is 9.56. The Morgan fingerprint density at radius 1 is 1.14 bits per heavy atom. The second-order valence-corrected chi connectivity index (χ2v) is 7.99. The van der Waals surface area contributed by atoms with Gasteiger partial charge in [0.2, 0.25) is 5.91 Å². The van der Waals surface area contributed by atoms with E-state index in [-0.39, 0.29) is 17.1 Å². The van der Waals surface area contributed by atoms with Crippen molar-refractivity contribution in [2.24, 2.45) is 17.6 Å². The van der Waals surface area contributed by atoms with Gasteiger partial charge in [0.05, 0.1) is 11.2 Å². The first kappa shape index (κ1) is 18.4. The highest BCUT2D eigenvalue weighted by atomic mass is 16.5. The van der Waals surface area contributed by atoms with Gasteiger partial charge in [0.1, 0.15) is 0 Å². The lowest BCUT2D eigenvalue weighted by Gasteiger charge is -2.47. The zero-order chi connectivity index (χ0) is 16.3. The number of rotatable bonds is 6. The number of hydrogen-bond acceptors (Lipinski definition) is 3. The van der Waals surface area contributed by atoms with Crippen molar-refractivity contribution in [2.75, 3.05) is 19.6 Å². The first-order valence-corrected chi connectivity index (χ1v) is 8.24. The standard InChI is InChI=1S/C17H34N2O2/c1-13(2)14(9-10-18)7-8-15(20)19-11-16(3,4)21-17(5,6)12-19/h13-14H,7-12,18H2,1-6H3. The third-order valence-electron chi connectivity index (χ3n) is 4.26. The van der Waals surface area contributed by atoms with Gasteiger partial charge in [-0.1, -0.05) is 13.8 Å². The van der Waals surface area contributed by atoms with Crippen molar-refractivity contribution in [1.82, 2.24) is 4.90 Å². The Morgan fingerprint density at radius 2 is 1.67 bits per heavy atom. The molecule has 0 aromatic heterocycles. The summed E-state index contributed by atoms with van der Waals surface area (Å²) in [5, 5.41) is 0. The molecule has 21 heavy (non-hydrogen) atoms. The van der Waals surface area contributed by atoms with Crippen LogP contribution in [0.4, 0.5) is 0 Å². The maximum Gasteiger partial charge on any atom is 0.222 e. The summed E-state index contributed by atoms with van der Waals surface area (Å²) < 4.78 is 6.03. The summed E-state index contributed by atoms with van der Waals surface area (Å²) >= 11 is 0. The van der Waals surface area contributed by atoms with Crippen LogP contribution in [0.2, 0.25) is 0 Å². The maximum atomic E-state index is 12.5. The fraction of sp³-hybridized carbons (Fsp3) is 0.941. The molecule has 1 atom stereocenters. The average Bonchev–Trinajstić information content (AvgIpc) is 2.29. The molecule has 1 rings (SSSR count). The third kappa shape index (κ3) is 5.95. The van der Waals surface area contributed by atoms with E-state index in [0.29, 0.717) is 37.9 Å². The van der Waals surface area contributed by atoms with Crippen LogP contribution in [0.25, 0.3) is 0 Å². The molecular weight excluding hydrogens is 264 g/mol. The Kier molecular flexibility index (Phi) is 6.23. The molecule has 0 aromatic carbocycles. The highest BCUT2D eigenvalue weighted by molar-refractivity contribution is 5.76. The minimum absolute atomic E-state index is 0.252. The van der Waals surface area contributed by atoms with Crippen LogP contribution in [-0.4, -0.2) is 41.6 Å². The van der Waals surface area contributed by atoms with Crippen molar-refractivity contribution in [1.29, 1.82) is 0 Å². The smallest absolute Gasteiger partial charge is 0.222 e. The second-order valence-electron chi connectivity index (χ2n) is 7.99. The normalized spacial score (nSPS) is 22.4. The van der Waals surface area contributed by atoms with Crippen LogP contribution in [0.5, 0.6) is 0 Å². The number of nitrogens with two attached hydrogens (primary N) is 1. The Hall–Kier alpha value is -0.610. The Balaban J connectivity index is 2.58. The van der Waals surface area contributed by atoms with Gasteiger partial charge in [-0.05, 0) is 58.9 Å².